The molecule has 0 aliphatic carbocycles. The summed E-state index contributed by atoms with van der Waals surface area (Å²) >= 11 is 1.76. The molecule has 0 radical (unpaired) electrons. The van der Waals surface area contributed by atoms with E-state index in [4.69, 9.17) is 5.73 Å². The predicted molar refractivity (Wildman–Crippen MR) is 49.4 cm³/mol. The van der Waals surface area contributed by atoms with Crippen molar-refractivity contribution in [3.05, 3.63) is 11.3 Å². The van der Waals surface area contributed by atoms with Crippen LogP contribution in [-0.2, 0) is 4.79 Å². The van der Waals surface area contributed by atoms with Crippen LogP contribution in [0.25, 0.3) is 0 Å². The highest BCUT2D eigenvalue weighted by molar-refractivity contribution is 8.00. The molecular formula is C8H12N2OS. The minimum atomic E-state index is -0.266. The van der Waals surface area contributed by atoms with Crippen molar-refractivity contribution < 1.29 is 4.79 Å². The third kappa shape index (κ3) is 0.850. The molecule has 1 saturated heterocycles. The van der Waals surface area contributed by atoms with Crippen LogP contribution >= 0.6 is 11.8 Å². The fraction of sp³-hybridized carbons (Fsp3) is 0.625. The molecule has 12 heavy (non-hydrogen) atoms. The molecule has 2 N–H and O–H groups in total. The first kappa shape index (κ1) is 8.13. The van der Waals surface area contributed by atoms with Crippen LogP contribution in [-0.4, -0.2) is 28.0 Å². The lowest BCUT2D eigenvalue weighted by Crippen LogP contribution is -2.67. The molecule has 66 valence electrons. The van der Waals surface area contributed by atoms with Crippen molar-refractivity contribution in [2.24, 2.45) is 5.73 Å². The Morgan fingerprint density at radius 1 is 1.58 bits per heavy atom. The number of β-lactam (4-membered cyclic amide) rings is 1. The maximum atomic E-state index is 11.3. The first-order chi connectivity index (χ1) is 5.63. The molecule has 2 atom stereocenters. The van der Waals surface area contributed by atoms with Crippen molar-refractivity contribution in [3.63, 3.8) is 0 Å². The van der Waals surface area contributed by atoms with Gasteiger partial charge in [-0.25, -0.2) is 0 Å². The number of rotatable bonds is 0. The van der Waals surface area contributed by atoms with Gasteiger partial charge >= 0.3 is 0 Å². The van der Waals surface area contributed by atoms with Gasteiger partial charge < -0.3 is 10.6 Å². The van der Waals surface area contributed by atoms with Crippen molar-refractivity contribution in [2.45, 2.75) is 25.3 Å². The maximum absolute atomic E-state index is 11.3. The van der Waals surface area contributed by atoms with Crippen LogP contribution in [0.3, 0.4) is 0 Å². The molecule has 0 aromatic carbocycles. The molecule has 0 bridgehead atoms. The highest BCUT2D eigenvalue weighted by Gasteiger charge is 2.48. The number of allylic oxidation sites excluding steroid dienone is 1. The van der Waals surface area contributed by atoms with Crippen LogP contribution in [0.4, 0.5) is 0 Å². The van der Waals surface area contributed by atoms with Crippen LogP contribution in [0.2, 0.25) is 0 Å². The van der Waals surface area contributed by atoms with Gasteiger partial charge in [0.1, 0.15) is 11.4 Å². The minimum Gasteiger partial charge on any atom is -0.317 e. The normalized spacial score (nSPS) is 34.9. The summed E-state index contributed by atoms with van der Waals surface area (Å²) in [6.45, 7) is 4.06. The average Bonchev–Trinajstić information content (AvgIpc) is 2.08. The topological polar surface area (TPSA) is 46.3 Å². The first-order valence-electron chi connectivity index (χ1n) is 3.99. The molecule has 2 aliphatic rings. The van der Waals surface area contributed by atoms with Crippen LogP contribution in [0, 0.1) is 0 Å². The van der Waals surface area contributed by atoms with Gasteiger partial charge in [-0.3, -0.25) is 4.79 Å². The molecule has 1 amide bonds. The van der Waals surface area contributed by atoms with E-state index >= 15 is 0 Å². The third-order valence-electron chi connectivity index (χ3n) is 2.53. The van der Waals surface area contributed by atoms with E-state index in [9.17, 15) is 4.79 Å². The number of hydrogen-bond donors (Lipinski definition) is 1. The maximum Gasteiger partial charge on any atom is 0.247 e. The van der Waals surface area contributed by atoms with E-state index in [1.807, 2.05) is 11.8 Å². The molecule has 0 aromatic rings. The van der Waals surface area contributed by atoms with Gasteiger partial charge in [0.05, 0.1) is 0 Å². The number of amides is 1. The number of fused-ring (bicyclic) bond motifs is 1. The Balaban J connectivity index is 2.29. The van der Waals surface area contributed by atoms with Gasteiger partial charge in [0, 0.05) is 11.4 Å². The zero-order valence-electron chi connectivity index (χ0n) is 7.20. The van der Waals surface area contributed by atoms with Gasteiger partial charge in [0.2, 0.25) is 5.91 Å². The molecule has 0 aromatic heterocycles. The minimum absolute atomic E-state index is 0.0732. The van der Waals surface area contributed by atoms with Gasteiger partial charge in [-0.15, -0.1) is 11.8 Å². The molecule has 2 rings (SSSR count). The van der Waals surface area contributed by atoms with E-state index in [0.29, 0.717) is 0 Å². The van der Waals surface area contributed by atoms with E-state index in [2.05, 4.69) is 6.92 Å². The third-order valence-corrected chi connectivity index (χ3v) is 3.98. The van der Waals surface area contributed by atoms with Crippen molar-refractivity contribution >= 4 is 17.7 Å². The van der Waals surface area contributed by atoms with Crippen LogP contribution in [0.1, 0.15) is 13.8 Å². The Bertz CT molecular complexity index is 274. The van der Waals surface area contributed by atoms with Gasteiger partial charge in [-0.1, -0.05) is 0 Å². The summed E-state index contributed by atoms with van der Waals surface area (Å²) in [5, 5.41) is 0.209. The summed E-state index contributed by atoms with van der Waals surface area (Å²) in [6.07, 6.45) is 0. The smallest absolute Gasteiger partial charge is 0.247 e. The fourth-order valence-electron chi connectivity index (χ4n) is 1.54. The molecule has 0 unspecified atom stereocenters. The lowest BCUT2D eigenvalue weighted by atomic mass is 10.1. The van der Waals surface area contributed by atoms with E-state index in [0.717, 1.165) is 11.4 Å². The molecule has 2 heterocycles. The number of nitrogens with zero attached hydrogens (tertiary/aromatic N) is 1. The average molecular weight is 184 g/mol. The largest absolute Gasteiger partial charge is 0.317 e. The standard InChI is InChI=1S/C8H12N2OS/c1-4-3-12-8-6(9)7(11)10(8)5(4)2/h6,8H,3,9H2,1-2H3/t6-,8-/m1/s1. The quantitative estimate of drug-likeness (QED) is 0.558. The summed E-state index contributed by atoms with van der Waals surface area (Å²) in [7, 11) is 0. The molecular weight excluding hydrogens is 172 g/mol. The highest BCUT2D eigenvalue weighted by atomic mass is 32.2. The van der Waals surface area contributed by atoms with E-state index in [1.165, 1.54) is 5.57 Å². The molecule has 3 nitrogen and oxygen atoms in total. The summed E-state index contributed by atoms with van der Waals surface area (Å²) < 4.78 is 0. The van der Waals surface area contributed by atoms with Gasteiger partial charge in [0.25, 0.3) is 0 Å². The Hall–Kier alpha value is -0.480. The Morgan fingerprint density at radius 2 is 2.25 bits per heavy atom. The van der Waals surface area contributed by atoms with Crippen molar-refractivity contribution in [2.75, 3.05) is 5.75 Å². The molecule has 2 aliphatic heterocycles. The van der Waals surface area contributed by atoms with Crippen molar-refractivity contribution in [3.8, 4) is 0 Å². The summed E-state index contributed by atoms with van der Waals surface area (Å²) in [6, 6.07) is -0.266. The molecule has 4 heteroatoms. The SMILES string of the molecule is CC1=C(C)N2C(=O)[C@@H](N)[C@H]2SC1. The summed E-state index contributed by atoms with van der Waals surface area (Å²) in [5.74, 6) is 1.08. The van der Waals surface area contributed by atoms with Gasteiger partial charge in [-0.05, 0) is 19.4 Å². The second kappa shape index (κ2) is 2.50. The molecule has 0 spiro atoms. The second-order valence-corrected chi connectivity index (χ2v) is 4.41. The van der Waals surface area contributed by atoms with Crippen molar-refractivity contribution in [1.29, 1.82) is 0 Å². The van der Waals surface area contributed by atoms with E-state index < -0.39 is 0 Å². The Kier molecular flexibility index (Phi) is 1.70. The summed E-state index contributed by atoms with van der Waals surface area (Å²) in [5.41, 5.74) is 8.04. The van der Waals surface area contributed by atoms with Crippen LogP contribution < -0.4 is 5.73 Å². The van der Waals surface area contributed by atoms with Gasteiger partial charge in [-0.2, -0.15) is 0 Å². The zero-order chi connectivity index (χ0) is 8.88. The lowest BCUT2D eigenvalue weighted by molar-refractivity contribution is -0.141. The number of carbonyl (C=O) groups excluding carboxylic acids is 1. The Labute approximate surface area is 76.0 Å². The van der Waals surface area contributed by atoms with E-state index in [1.54, 1.807) is 11.8 Å². The number of carbonyl (C=O) groups is 1. The van der Waals surface area contributed by atoms with Gasteiger partial charge in [0.15, 0.2) is 0 Å². The first-order valence-corrected chi connectivity index (χ1v) is 5.04. The van der Waals surface area contributed by atoms with Crippen molar-refractivity contribution in [1.82, 2.24) is 4.90 Å². The number of nitrogens with two attached hydrogens (primary N) is 1. The zero-order valence-corrected chi connectivity index (χ0v) is 8.02. The molecule has 1 fully saturated rings. The number of hydrogen-bond acceptors (Lipinski definition) is 3. The Morgan fingerprint density at radius 3 is 2.92 bits per heavy atom. The monoisotopic (exact) mass is 184 g/mol. The van der Waals surface area contributed by atoms with Crippen LogP contribution in [0.5, 0.6) is 0 Å². The number of thioether (sulfide) groups is 1. The second-order valence-electron chi connectivity index (χ2n) is 3.30. The van der Waals surface area contributed by atoms with Crippen LogP contribution in [0.15, 0.2) is 11.3 Å². The molecule has 0 saturated carbocycles. The lowest BCUT2D eigenvalue weighted by Gasteiger charge is -2.48. The summed E-state index contributed by atoms with van der Waals surface area (Å²) in [4.78, 5) is 13.1. The fourth-order valence-corrected chi connectivity index (χ4v) is 2.91. The predicted octanol–water partition coefficient (Wildman–Crippen LogP) is 0.523. The van der Waals surface area contributed by atoms with E-state index in [-0.39, 0.29) is 17.3 Å². The highest BCUT2D eigenvalue weighted by Crippen LogP contribution is 2.38.